The molecule has 2 aromatic rings. The third-order valence-corrected chi connectivity index (χ3v) is 10.2. The standard InChI is InChI=1S/C28H31OP/c1-4-5-6-7-8-15-20-25-26(23-16-11-9-12-17-23)28(3)21-30(25,29)27(22(28)2)24-18-13-10-14-19-24/h9-14,16-19H,4-8,21H2,1-3H3. The third kappa shape index (κ3) is 3.42. The van der Waals surface area contributed by atoms with E-state index in [-0.39, 0.29) is 5.41 Å². The molecule has 0 aliphatic carbocycles. The van der Waals surface area contributed by atoms with Crippen molar-refractivity contribution < 1.29 is 4.57 Å². The van der Waals surface area contributed by atoms with E-state index in [4.69, 9.17) is 0 Å². The highest BCUT2D eigenvalue weighted by molar-refractivity contribution is 7.79. The molecule has 2 aliphatic heterocycles. The van der Waals surface area contributed by atoms with Crippen molar-refractivity contribution in [2.75, 3.05) is 6.16 Å². The SMILES string of the molecule is CCCCCCC#CC1=C(c2ccccc2)C2(C)CP1(=O)C(c1ccccc1)=C2C. The highest BCUT2D eigenvalue weighted by atomic mass is 31.2. The summed E-state index contributed by atoms with van der Waals surface area (Å²) in [6.45, 7) is 6.67. The molecule has 0 fully saturated rings. The molecule has 2 atom stereocenters. The van der Waals surface area contributed by atoms with Gasteiger partial charge in [0, 0.05) is 23.3 Å². The number of allylic oxidation sites excluding steroid dienone is 3. The van der Waals surface area contributed by atoms with Crippen LogP contribution in [0.2, 0.25) is 0 Å². The van der Waals surface area contributed by atoms with Crippen molar-refractivity contribution in [3.8, 4) is 11.8 Å². The minimum absolute atomic E-state index is 0.214. The third-order valence-electron chi connectivity index (χ3n) is 6.70. The molecule has 30 heavy (non-hydrogen) atoms. The molecule has 0 spiro atoms. The van der Waals surface area contributed by atoms with E-state index in [1.54, 1.807) is 0 Å². The number of benzene rings is 2. The highest BCUT2D eigenvalue weighted by Gasteiger charge is 2.58. The second-order valence-corrected chi connectivity index (χ2v) is 11.5. The van der Waals surface area contributed by atoms with E-state index in [1.807, 2.05) is 24.3 Å². The zero-order valence-corrected chi connectivity index (χ0v) is 19.3. The van der Waals surface area contributed by atoms with Gasteiger partial charge in [-0.2, -0.15) is 0 Å². The molecule has 2 aromatic carbocycles. The van der Waals surface area contributed by atoms with Gasteiger partial charge in [-0.15, -0.1) is 0 Å². The van der Waals surface area contributed by atoms with Crippen molar-refractivity contribution >= 4 is 18.0 Å². The number of hydrogen-bond acceptors (Lipinski definition) is 1. The van der Waals surface area contributed by atoms with E-state index in [0.29, 0.717) is 6.16 Å². The van der Waals surface area contributed by atoms with Gasteiger partial charge in [-0.1, -0.05) is 111 Å². The van der Waals surface area contributed by atoms with Gasteiger partial charge in [-0.05, 0) is 30.0 Å². The Bertz CT molecular complexity index is 1100. The average Bonchev–Trinajstić information content (AvgIpc) is 3.11. The molecule has 2 unspecified atom stereocenters. The summed E-state index contributed by atoms with van der Waals surface area (Å²) in [5, 5.41) is 1.97. The average molecular weight is 415 g/mol. The largest absolute Gasteiger partial charge is 0.313 e. The molecule has 0 saturated carbocycles. The van der Waals surface area contributed by atoms with Crippen molar-refractivity contribution in [3.63, 3.8) is 0 Å². The zero-order valence-electron chi connectivity index (χ0n) is 18.4. The lowest BCUT2D eigenvalue weighted by molar-refractivity contribution is 0.576. The maximum atomic E-state index is 14.6. The fourth-order valence-electron chi connectivity index (χ4n) is 5.09. The van der Waals surface area contributed by atoms with E-state index in [0.717, 1.165) is 29.0 Å². The van der Waals surface area contributed by atoms with Crippen LogP contribution in [0.3, 0.4) is 0 Å². The molecule has 2 aliphatic rings. The summed E-state index contributed by atoms with van der Waals surface area (Å²) in [5.74, 6) is 6.85. The molecular formula is C28H31OP. The molecule has 0 amide bonds. The Morgan fingerprint density at radius 2 is 1.57 bits per heavy atom. The minimum Gasteiger partial charge on any atom is -0.313 e. The Labute approximate surface area is 181 Å². The number of fused-ring (bicyclic) bond motifs is 2. The van der Waals surface area contributed by atoms with Gasteiger partial charge in [0.2, 0.25) is 0 Å². The number of hydrogen-bond donors (Lipinski definition) is 0. The molecule has 0 saturated heterocycles. The summed E-state index contributed by atoms with van der Waals surface area (Å²) < 4.78 is 14.6. The molecule has 154 valence electrons. The highest BCUT2D eigenvalue weighted by Crippen LogP contribution is 2.82. The van der Waals surface area contributed by atoms with Gasteiger partial charge in [-0.25, -0.2) is 0 Å². The molecule has 0 N–H and O–H groups in total. The number of rotatable bonds is 6. The molecule has 2 heteroatoms. The number of unbranched alkanes of at least 4 members (excludes halogenated alkanes) is 4. The summed E-state index contributed by atoms with van der Waals surface area (Å²) in [4.78, 5) is 0. The lowest BCUT2D eigenvalue weighted by Crippen LogP contribution is -2.18. The predicted octanol–water partition coefficient (Wildman–Crippen LogP) is 8.20. The maximum absolute atomic E-state index is 14.6. The summed E-state index contributed by atoms with van der Waals surface area (Å²) in [6, 6.07) is 20.8. The van der Waals surface area contributed by atoms with Crippen LogP contribution in [0.25, 0.3) is 10.9 Å². The van der Waals surface area contributed by atoms with E-state index in [9.17, 15) is 4.57 Å². The maximum Gasteiger partial charge on any atom is 0.153 e. The summed E-state index contributed by atoms with van der Waals surface area (Å²) in [5.41, 5.74) is 4.50. The zero-order chi connectivity index (χ0) is 21.2. The van der Waals surface area contributed by atoms with E-state index in [2.05, 4.69) is 69.0 Å². The van der Waals surface area contributed by atoms with Crippen molar-refractivity contribution in [1.82, 2.24) is 0 Å². The van der Waals surface area contributed by atoms with Gasteiger partial charge in [0.05, 0.1) is 5.31 Å². The van der Waals surface area contributed by atoms with E-state index >= 15 is 0 Å². The van der Waals surface area contributed by atoms with Gasteiger partial charge in [0.15, 0.2) is 7.14 Å². The van der Waals surface area contributed by atoms with E-state index < -0.39 is 7.14 Å². The van der Waals surface area contributed by atoms with Crippen molar-refractivity contribution in [2.24, 2.45) is 5.41 Å². The summed E-state index contributed by atoms with van der Waals surface area (Å²) >= 11 is 0. The summed E-state index contributed by atoms with van der Waals surface area (Å²) in [6.07, 6.45) is 6.40. The second-order valence-electron chi connectivity index (χ2n) is 8.77. The predicted molar refractivity (Wildman–Crippen MR) is 130 cm³/mol. The monoisotopic (exact) mass is 414 g/mol. The Morgan fingerprint density at radius 1 is 0.933 bits per heavy atom. The van der Waals surface area contributed by atoms with Crippen LogP contribution in [-0.4, -0.2) is 6.16 Å². The Balaban J connectivity index is 1.82. The first-order chi connectivity index (χ1) is 14.5. The molecule has 4 rings (SSSR count). The molecule has 0 aromatic heterocycles. The van der Waals surface area contributed by atoms with E-state index in [1.165, 1.54) is 36.0 Å². The minimum atomic E-state index is -2.74. The Morgan fingerprint density at radius 3 is 2.20 bits per heavy atom. The lowest BCUT2D eigenvalue weighted by Gasteiger charge is -2.29. The van der Waals surface area contributed by atoms with Gasteiger partial charge in [0.25, 0.3) is 0 Å². The van der Waals surface area contributed by atoms with Gasteiger partial charge < -0.3 is 4.57 Å². The van der Waals surface area contributed by atoms with Crippen LogP contribution in [0, 0.1) is 17.3 Å². The Hall–Kier alpha value is -2.29. The fraction of sp³-hybridized carbons (Fsp3) is 0.357. The van der Waals surface area contributed by atoms with Crippen LogP contribution in [0.5, 0.6) is 0 Å². The molecule has 0 radical (unpaired) electrons. The quantitative estimate of drug-likeness (QED) is 0.264. The van der Waals surface area contributed by atoms with Crippen LogP contribution in [0.15, 0.2) is 71.6 Å². The smallest absolute Gasteiger partial charge is 0.153 e. The van der Waals surface area contributed by atoms with Crippen LogP contribution < -0.4 is 0 Å². The fourth-order valence-corrected chi connectivity index (χ4v) is 9.27. The van der Waals surface area contributed by atoms with Crippen LogP contribution in [0.1, 0.15) is 64.0 Å². The molecule has 2 bridgehead atoms. The first-order valence-electron chi connectivity index (χ1n) is 11.2. The lowest BCUT2D eigenvalue weighted by atomic mass is 9.74. The first-order valence-corrected chi connectivity index (χ1v) is 13.1. The van der Waals surface area contributed by atoms with Gasteiger partial charge >= 0.3 is 0 Å². The van der Waals surface area contributed by atoms with Gasteiger partial charge in [0.1, 0.15) is 0 Å². The van der Waals surface area contributed by atoms with Crippen LogP contribution in [-0.2, 0) is 4.57 Å². The first kappa shape index (κ1) is 21.0. The summed E-state index contributed by atoms with van der Waals surface area (Å²) in [7, 11) is -2.74. The van der Waals surface area contributed by atoms with Crippen molar-refractivity contribution in [2.45, 2.75) is 52.9 Å². The van der Waals surface area contributed by atoms with Crippen molar-refractivity contribution in [3.05, 3.63) is 82.7 Å². The normalized spacial score (nSPS) is 24.9. The van der Waals surface area contributed by atoms with Crippen LogP contribution in [0.4, 0.5) is 0 Å². The van der Waals surface area contributed by atoms with Gasteiger partial charge in [-0.3, -0.25) is 0 Å². The van der Waals surface area contributed by atoms with Crippen molar-refractivity contribution in [1.29, 1.82) is 0 Å². The second kappa shape index (κ2) is 8.45. The van der Waals surface area contributed by atoms with Crippen LogP contribution >= 0.6 is 7.14 Å². The molecule has 1 nitrogen and oxygen atoms in total. The Kier molecular flexibility index (Phi) is 5.90. The topological polar surface area (TPSA) is 17.1 Å². The molecule has 2 heterocycles. The molecular weight excluding hydrogens is 383 g/mol.